The van der Waals surface area contributed by atoms with Crippen LogP contribution in [0, 0.1) is 11.7 Å². The molecular formula is C12H12BrClFNO3S. The minimum Gasteiger partial charge on any atom is -0.349 e. The number of nitrogens with one attached hydrogen (secondary N) is 1. The third kappa shape index (κ3) is 3.32. The summed E-state index contributed by atoms with van der Waals surface area (Å²) in [7, 11) is 0.902. The molecule has 0 atom stereocenters. The van der Waals surface area contributed by atoms with E-state index in [-0.39, 0.29) is 16.1 Å². The predicted molar refractivity (Wildman–Crippen MR) is 76.8 cm³/mol. The van der Waals surface area contributed by atoms with Gasteiger partial charge in [0.25, 0.3) is 15.0 Å². The summed E-state index contributed by atoms with van der Waals surface area (Å²) >= 11 is 3.05. The molecule has 0 saturated heterocycles. The van der Waals surface area contributed by atoms with E-state index in [4.69, 9.17) is 10.7 Å². The molecule has 0 spiro atoms. The zero-order valence-corrected chi connectivity index (χ0v) is 13.6. The van der Waals surface area contributed by atoms with Crippen LogP contribution in [0.25, 0.3) is 0 Å². The van der Waals surface area contributed by atoms with Crippen LogP contribution < -0.4 is 5.32 Å². The number of benzene rings is 1. The Kier molecular flexibility index (Phi) is 4.41. The van der Waals surface area contributed by atoms with Crippen LogP contribution in [0.3, 0.4) is 0 Å². The maximum atomic E-state index is 14.1. The normalized spacial score (nSPS) is 22.2. The summed E-state index contributed by atoms with van der Waals surface area (Å²) in [6, 6.07) is 2.27. The maximum absolute atomic E-state index is 14.1. The van der Waals surface area contributed by atoms with Crippen molar-refractivity contribution in [3.8, 4) is 0 Å². The molecule has 4 nitrogen and oxygen atoms in total. The van der Waals surface area contributed by atoms with Crippen molar-refractivity contribution in [1.29, 1.82) is 0 Å². The third-order valence-electron chi connectivity index (χ3n) is 3.22. The predicted octanol–water partition coefficient (Wildman–Crippen LogP) is 3.04. The zero-order chi connectivity index (χ0) is 15.1. The minimum absolute atomic E-state index is 0.00643. The number of carbonyl (C=O) groups excluding carboxylic acids is 1. The molecular weight excluding hydrogens is 373 g/mol. The van der Waals surface area contributed by atoms with Crippen molar-refractivity contribution in [3.63, 3.8) is 0 Å². The van der Waals surface area contributed by atoms with Gasteiger partial charge in [-0.1, -0.05) is 22.9 Å². The Morgan fingerprint density at radius 3 is 2.55 bits per heavy atom. The molecule has 0 bridgehead atoms. The molecule has 1 aliphatic rings. The maximum Gasteiger partial charge on any atom is 0.264 e. The van der Waals surface area contributed by atoms with Crippen LogP contribution in [0.5, 0.6) is 0 Å². The lowest BCUT2D eigenvalue weighted by atomic mass is 9.82. The van der Waals surface area contributed by atoms with E-state index >= 15 is 0 Å². The molecule has 0 radical (unpaired) electrons. The van der Waals surface area contributed by atoms with Gasteiger partial charge in [-0.15, -0.1) is 0 Å². The topological polar surface area (TPSA) is 63.2 Å². The zero-order valence-electron chi connectivity index (χ0n) is 10.5. The van der Waals surface area contributed by atoms with Gasteiger partial charge in [0.15, 0.2) is 5.82 Å². The second kappa shape index (κ2) is 5.61. The van der Waals surface area contributed by atoms with Gasteiger partial charge in [0.05, 0.1) is 5.56 Å². The Bertz CT molecular complexity index is 659. The van der Waals surface area contributed by atoms with Crippen LogP contribution in [0.2, 0.25) is 0 Å². The number of carbonyl (C=O) groups is 1. The summed E-state index contributed by atoms with van der Waals surface area (Å²) in [4.78, 5) is 11.3. The van der Waals surface area contributed by atoms with Crippen LogP contribution in [0.15, 0.2) is 21.5 Å². The van der Waals surface area contributed by atoms with Crippen molar-refractivity contribution in [3.05, 3.63) is 28.0 Å². The lowest BCUT2D eigenvalue weighted by Crippen LogP contribution is -2.43. The highest BCUT2D eigenvalue weighted by atomic mass is 79.9. The van der Waals surface area contributed by atoms with E-state index in [2.05, 4.69) is 28.2 Å². The molecule has 1 aromatic carbocycles. The molecule has 110 valence electrons. The number of amides is 1. The van der Waals surface area contributed by atoms with Crippen LogP contribution >= 0.6 is 26.6 Å². The first-order chi connectivity index (χ1) is 9.18. The van der Waals surface area contributed by atoms with Crippen molar-refractivity contribution in [2.45, 2.75) is 30.7 Å². The standard InChI is InChI=1S/C12H12BrClFNO3S/c1-6-2-8(3-6)16-12(17)9-4-7(13)5-10(11(9)15)20(14,18)19/h4-6,8H,2-3H2,1H3,(H,16,17). The number of hydrogen-bond donors (Lipinski definition) is 1. The van der Waals surface area contributed by atoms with Gasteiger partial charge in [-0.05, 0) is 30.9 Å². The third-order valence-corrected chi connectivity index (χ3v) is 5.00. The summed E-state index contributed by atoms with van der Waals surface area (Å²) < 4.78 is 36.9. The Hall–Kier alpha value is -0.660. The Balaban J connectivity index is 2.32. The fourth-order valence-corrected chi connectivity index (χ4v) is 3.73. The van der Waals surface area contributed by atoms with Gasteiger partial charge in [-0.2, -0.15) is 0 Å². The van der Waals surface area contributed by atoms with Crippen molar-refractivity contribution >= 4 is 41.6 Å². The SMILES string of the molecule is CC1CC(NC(=O)c2cc(Br)cc(S(=O)(=O)Cl)c2F)C1. The first kappa shape index (κ1) is 15.7. The van der Waals surface area contributed by atoms with Gasteiger partial charge in [0, 0.05) is 21.2 Å². The molecule has 1 fully saturated rings. The van der Waals surface area contributed by atoms with E-state index in [1.54, 1.807) is 0 Å². The molecule has 1 saturated carbocycles. The second-order valence-corrected chi connectivity index (χ2v) is 8.40. The fraction of sp³-hybridized carbons (Fsp3) is 0.417. The summed E-state index contributed by atoms with van der Waals surface area (Å²) in [5.74, 6) is -1.23. The molecule has 0 aliphatic heterocycles. The highest BCUT2D eigenvalue weighted by molar-refractivity contribution is 9.10. The molecule has 1 amide bonds. The number of hydrogen-bond acceptors (Lipinski definition) is 3. The smallest absolute Gasteiger partial charge is 0.264 e. The Morgan fingerprint density at radius 1 is 1.45 bits per heavy atom. The van der Waals surface area contributed by atoms with E-state index in [9.17, 15) is 17.6 Å². The van der Waals surface area contributed by atoms with Crippen molar-refractivity contribution in [1.82, 2.24) is 5.32 Å². The molecule has 2 rings (SSSR count). The molecule has 1 N–H and O–H groups in total. The molecule has 1 aliphatic carbocycles. The van der Waals surface area contributed by atoms with Crippen LogP contribution in [0.4, 0.5) is 4.39 Å². The van der Waals surface area contributed by atoms with Crippen LogP contribution in [-0.2, 0) is 9.05 Å². The van der Waals surface area contributed by atoms with E-state index in [0.717, 1.165) is 18.9 Å². The molecule has 8 heteroatoms. The Labute approximate surface area is 129 Å². The fourth-order valence-electron chi connectivity index (χ4n) is 2.19. The minimum atomic E-state index is -4.25. The summed E-state index contributed by atoms with van der Waals surface area (Å²) in [5.41, 5.74) is -0.335. The molecule has 1 aromatic rings. The second-order valence-electron chi connectivity index (χ2n) is 4.95. The van der Waals surface area contributed by atoms with E-state index in [0.29, 0.717) is 5.92 Å². The molecule has 0 aromatic heterocycles. The highest BCUT2D eigenvalue weighted by Crippen LogP contribution is 2.29. The average Bonchev–Trinajstić information content (AvgIpc) is 2.28. The van der Waals surface area contributed by atoms with Crippen molar-refractivity contribution in [2.24, 2.45) is 5.92 Å². The quantitative estimate of drug-likeness (QED) is 0.815. The van der Waals surface area contributed by atoms with Gasteiger partial charge in [-0.3, -0.25) is 4.79 Å². The molecule has 20 heavy (non-hydrogen) atoms. The summed E-state index contributed by atoms with van der Waals surface area (Å²) in [6.45, 7) is 2.06. The van der Waals surface area contributed by atoms with Gasteiger partial charge in [0.1, 0.15) is 4.90 Å². The highest BCUT2D eigenvalue weighted by Gasteiger charge is 2.29. The largest absolute Gasteiger partial charge is 0.349 e. The lowest BCUT2D eigenvalue weighted by Gasteiger charge is -2.33. The van der Waals surface area contributed by atoms with Crippen LogP contribution in [0.1, 0.15) is 30.1 Å². The van der Waals surface area contributed by atoms with E-state index in [1.165, 1.54) is 6.07 Å². The molecule has 0 heterocycles. The van der Waals surface area contributed by atoms with E-state index in [1.807, 2.05) is 0 Å². The van der Waals surface area contributed by atoms with Crippen molar-refractivity contribution in [2.75, 3.05) is 0 Å². The number of halogens is 3. The van der Waals surface area contributed by atoms with E-state index < -0.39 is 25.7 Å². The van der Waals surface area contributed by atoms with Gasteiger partial charge >= 0.3 is 0 Å². The Morgan fingerprint density at radius 2 is 2.05 bits per heavy atom. The van der Waals surface area contributed by atoms with Gasteiger partial charge < -0.3 is 5.32 Å². The van der Waals surface area contributed by atoms with Gasteiger partial charge in [0.2, 0.25) is 0 Å². The van der Waals surface area contributed by atoms with Gasteiger partial charge in [-0.25, -0.2) is 12.8 Å². The monoisotopic (exact) mass is 383 g/mol. The summed E-state index contributed by atoms with van der Waals surface area (Å²) in [6.07, 6.45) is 1.67. The average molecular weight is 385 g/mol. The first-order valence-corrected chi connectivity index (χ1v) is 9.03. The lowest BCUT2D eigenvalue weighted by molar-refractivity contribution is 0.0891. The summed E-state index contributed by atoms with van der Waals surface area (Å²) in [5, 5.41) is 2.67. The number of rotatable bonds is 3. The van der Waals surface area contributed by atoms with Crippen LogP contribution in [-0.4, -0.2) is 20.4 Å². The molecule has 0 unspecified atom stereocenters. The first-order valence-electron chi connectivity index (χ1n) is 5.93. The van der Waals surface area contributed by atoms with Crippen molar-refractivity contribution < 1.29 is 17.6 Å².